The molecular weight excluding hydrogens is 328 g/mol. The maximum absolute atomic E-state index is 13.2. The van der Waals surface area contributed by atoms with Crippen molar-refractivity contribution in [2.24, 2.45) is 5.92 Å². The molecule has 2 fully saturated rings. The first-order valence-corrected chi connectivity index (χ1v) is 9.82. The minimum Gasteiger partial charge on any atom is -0.497 e. The van der Waals surface area contributed by atoms with E-state index in [9.17, 15) is 9.59 Å². The number of carbonyl (C=O) groups excluding carboxylic acids is 2. The Morgan fingerprint density at radius 2 is 2.08 bits per heavy atom. The lowest BCUT2D eigenvalue weighted by Gasteiger charge is -2.29. The summed E-state index contributed by atoms with van der Waals surface area (Å²) >= 11 is 0. The van der Waals surface area contributed by atoms with Crippen LogP contribution < -0.4 is 4.74 Å². The first-order valence-electron chi connectivity index (χ1n) is 9.82. The third-order valence-corrected chi connectivity index (χ3v) is 5.91. The maximum Gasteiger partial charge on any atom is 0.228 e. The smallest absolute Gasteiger partial charge is 0.228 e. The van der Waals surface area contributed by atoms with Gasteiger partial charge in [0.2, 0.25) is 11.8 Å². The van der Waals surface area contributed by atoms with Crippen molar-refractivity contribution in [2.75, 3.05) is 20.2 Å². The zero-order valence-corrected chi connectivity index (χ0v) is 16.1. The minimum absolute atomic E-state index is 0.0925. The molecular formula is C21H30N2O3. The quantitative estimate of drug-likeness (QED) is 0.783. The Labute approximate surface area is 156 Å². The summed E-state index contributed by atoms with van der Waals surface area (Å²) in [5.74, 6) is 0.887. The van der Waals surface area contributed by atoms with Gasteiger partial charge in [-0.1, -0.05) is 26.0 Å². The van der Waals surface area contributed by atoms with Crippen molar-refractivity contribution in [3.63, 3.8) is 0 Å². The molecule has 2 amide bonds. The maximum atomic E-state index is 13.2. The summed E-state index contributed by atoms with van der Waals surface area (Å²) in [6.07, 6.45) is 4.22. The molecule has 5 nitrogen and oxygen atoms in total. The van der Waals surface area contributed by atoms with Gasteiger partial charge in [-0.15, -0.1) is 0 Å². The Morgan fingerprint density at radius 1 is 1.31 bits per heavy atom. The van der Waals surface area contributed by atoms with Crippen LogP contribution in [0.1, 0.15) is 57.6 Å². The molecule has 1 aromatic rings. The lowest BCUT2D eigenvalue weighted by atomic mass is 10.0. The SMILES string of the molecule is CCC(CC)N1CC(C(=O)N2CCCC2c2cccc(OC)c2)CC1=O. The normalized spacial score (nSPS) is 23.2. The van der Waals surface area contributed by atoms with Crippen LogP contribution in [0.25, 0.3) is 0 Å². The zero-order chi connectivity index (χ0) is 18.7. The molecule has 0 aromatic heterocycles. The monoisotopic (exact) mass is 358 g/mol. The number of hydrogen-bond acceptors (Lipinski definition) is 3. The topological polar surface area (TPSA) is 49.9 Å². The molecule has 0 spiro atoms. The molecule has 2 heterocycles. The third kappa shape index (κ3) is 3.57. The van der Waals surface area contributed by atoms with Gasteiger partial charge in [0, 0.05) is 25.6 Å². The second-order valence-corrected chi connectivity index (χ2v) is 7.38. The van der Waals surface area contributed by atoms with Crippen molar-refractivity contribution < 1.29 is 14.3 Å². The molecule has 0 aliphatic carbocycles. The van der Waals surface area contributed by atoms with Gasteiger partial charge in [-0.05, 0) is 43.4 Å². The highest BCUT2D eigenvalue weighted by Crippen LogP contribution is 2.36. The van der Waals surface area contributed by atoms with Crippen LogP contribution >= 0.6 is 0 Å². The van der Waals surface area contributed by atoms with Gasteiger partial charge in [-0.2, -0.15) is 0 Å². The average molecular weight is 358 g/mol. The van der Waals surface area contributed by atoms with Gasteiger partial charge in [-0.3, -0.25) is 9.59 Å². The molecule has 0 N–H and O–H groups in total. The predicted molar refractivity (Wildman–Crippen MR) is 101 cm³/mol. The summed E-state index contributed by atoms with van der Waals surface area (Å²) in [5, 5.41) is 0. The van der Waals surface area contributed by atoms with E-state index in [4.69, 9.17) is 4.74 Å². The van der Waals surface area contributed by atoms with E-state index in [0.29, 0.717) is 13.0 Å². The van der Waals surface area contributed by atoms with Crippen LogP contribution in [-0.2, 0) is 9.59 Å². The highest BCUT2D eigenvalue weighted by atomic mass is 16.5. The average Bonchev–Trinajstić information content (AvgIpc) is 3.30. The number of ether oxygens (including phenoxy) is 1. The molecule has 2 aliphatic rings. The van der Waals surface area contributed by atoms with E-state index >= 15 is 0 Å². The van der Waals surface area contributed by atoms with Crippen LogP contribution in [0.2, 0.25) is 0 Å². The van der Waals surface area contributed by atoms with Gasteiger partial charge in [-0.25, -0.2) is 0 Å². The molecule has 0 radical (unpaired) electrons. The summed E-state index contributed by atoms with van der Waals surface area (Å²) in [6, 6.07) is 8.33. The van der Waals surface area contributed by atoms with Crippen molar-refractivity contribution in [1.29, 1.82) is 0 Å². The summed E-state index contributed by atoms with van der Waals surface area (Å²) in [5.41, 5.74) is 1.12. The van der Waals surface area contributed by atoms with Crippen LogP contribution in [0.5, 0.6) is 5.75 Å². The highest BCUT2D eigenvalue weighted by Gasteiger charge is 2.41. The van der Waals surface area contributed by atoms with Crippen LogP contribution in [0.15, 0.2) is 24.3 Å². The van der Waals surface area contributed by atoms with Gasteiger partial charge < -0.3 is 14.5 Å². The van der Waals surface area contributed by atoms with Crippen molar-refractivity contribution in [3.8, 4) is 5.75 Å². The van der Waals surface area contributed by atoms with Crippen LogP contribution in [0, 0.1) is 5.92 Å². The fraction of sp³-hybridized carbons (Fsp3) is 0.619. The fourth-order valence-corrected chi connectivity index (χ4v) is 4.44. The first kappa shape index (κ1) is 18.7. The first-order chi connectivity index (χ1) is 12.6. The number of methoxy groups -OCH3 is 1. The lowest BCUT2D eigenvalue weighted by molar-refractivity contribution is -0.136. The fourth-order valence-electron chi connectivity index (χ4n) is 4.44. The summed E-state index contributed by atoms with van der Waals surface area (Å²) in [7, 11) is 1.66. The molecule has 2 saturated heterocycles. The number of amides is 2. The Hall–Kier alpha value is -2.04. The summed E-state index contributed by atoms with van der Waals surface area (Å²) in [6.45, 7) is 5.56. The minimum atomic E-state index is -0.200. The lowest BCUT2D eigenvalue weighted by Crippen LogP contribution is -2.39. The zero-order valence-electron chi connectivity index (χ0n) is 16.1. The highest BCUT2D eigenvalue weighted by molar-refractivity contribution is 5.89. The van der Waals surface area contributed by atoms with Crippen molar-refractivity contribution >= 4 is 11.8 Å². The third-order valence-electron chi connectivity index (χ3n) is 5.91. The Kier molecular flexibility index (Phi) is 5.84. The number of benzene rings is 1. The molecule has 2 aliphatic heterocycles. The van der Waals surface area contributed by atoms with Gasteiger partial charge in [0.05, 0.1) is 19.1 Å². The van der Waals surface area contributed by atoms with E-state index < -0.39 is 0 Å². The molecule has 142 valence electrons. The van der Waals surface area contributed by atoms with Gasteiger partial charge in [0.25, 0.3) is 0 Å². The summed E-state index contributed by atoms with van der Waals surface area (Å²) < 4.78 is 5.33. The van der Waals surface area contributed by atoms with Crippen molar-refractivity contribution in [3.05, 3.63) is 29.8 Å². The Bertz CT molecular complexity index is 656. The number of rotatable bonds is 6. The summed E-state index contributed by atoms with van der Waals surface area (Å²) in [4.78, 5) is 29.5. The second kappa shape index (κ2) is 8.11. The number of nitrogens with zero attached hydrogens (tertiary/aromatic N) is 2. The van der Waals surface area contributed by atoms with Crippen molar-refractivity contribution in [1.82, 2.24) is 9.80 Å². The van der Waals surface area contributed by atoms with Crippen LogP contribution in [-0.4, -0.2) is 47.9 Å². The molecule has 1 aromatic carbocycles. The van der Waals surface area contributed by atoms with E-state index in [-0.39, 0.29) is 29.8 Å². The van der Waals surface area contributed by atoms with Crippen LogP contribution in [0.4, 0.5) is 0 Å². The second-order valence-electron chi connectivity index (χ2n) is 7.38. The van der Waals surface area contributed by atoms with E-state index in [1.807, 2.05) is 28.0 Å². The standard InChI is InChI=1S/C21H30N2O3/c1-4-17(5-2)23-14-16(13-20(23)24)21(25)22-11-7-10-19(22)15-8-6-9-18(12-15)26-3/h6,8-9,12,16-17,19H,4-5,7,10-11,13-14H2,1-3H3. The number of hydrogen-bond donors (Lipinski definition) is 0. The molecule has 0 bridgehead atoms. The van der Waals surface area contributed by atoms with E-state index in [0.717, 1.165) is 43.5 Å². The van der Waals surface area contributed by atoms with Crippen molar-refractivity contribution in [2.45, 2.75) is 58.0 Å². The van der Waals surface area contributed by atoms with Gasteiger partial charge in [0.15, 0.2) is 0 Å². The van der Waals surface area contributed by atoms with E-state index in [1.54, 1.807) is 7.11 Å². The van der Waals surface area contributed by atoms with Gasteiger partial charge in [0.1, 0.15) is 5.75 Å². The molecule has 2 unspecified atom stereocenters. The number of likely N-dealkylation sites (tertiary alicyclic amines) is 2. The van der Waals surface area contributed by atoms with E-state index in [2.05, 4.69) is 19.9 Å². The molecule has 5 heteroatoms. The largest absolute Gasteiger partial charge is 0.497 e. The number of carbonyl (C=O) groups is 2. The molecule has 3 rings (SSSR count). The molecule has 26 heavy (non-hydrogen) atoms. The van der Waals surface area contributed by atoms with Gasteiger partial charge >= 0.3 is 0 Å². The Balaban J connectivity index is 1.73. The van der Waals surface area contributed by atoms with Crippen LogP contribution in [0.3, 0.4) is 0 Å². The Morgan fingerprint density at radius 3 is 2.77 bits per heavy atom. The molecule has 0 saturated carbocycles. The predicted octanol–water partition coefficient (Wildman–Crippen LogP) is 3.40. The molecule has 2 atom stereocenters. The van der Waals surface area contributed by atoms with E-state index in [1.165, 1.54) is 0 Å².